The molecule has 0 aliphatic carbocycles. The molecule has 0 heterocycles. The Balaban J connectivity index is 0.941. The molecule has 10 aromatic carbocycles. The van der Waals surface area contributed by atoms with Gasteiger partial charge in [0.15, 0.2) is 0 Å². The van der Waals surface area contributed by atoms with Gasteiger partial charge >= 0.3 is 0 Å². The molecule has 0 bridgehead atoms. The zero-order chi connectivity index (χ0) is 44.6. The second kappa shape index (κ2) is 17.5. The fraction of sp³-hybridized carbons (Fsp3) is 0.148. The number of benzene rings is 10. The van der Waals surface area contributed by atoms with Crippen LogP contribution in [-0.4, -0.2) is 23.4 Å². The number of para-hydroxylation sites is 2. The second-order valence-corrected chi connectivity index (χ2v) is 17.7. The minimum atomic E-state index is 0.224. The lowest BCUT2D eigenvalue weighted by Crippen LogP contribution is -2.06. The summed E-state index contributed by atoms with van der Waals surface area (Å²) in [6.45, 7) is 9.56. The van der Waals surface area contributed by atoms with Crippen molar-refractivity contribution in [1.82, 2.24) is 0 Å². The van der Waals surface area contributed by atoms with E-state index in [2.05, 4.69) is 161 Å². The van der Waals surface area contributed by atoms with Crippen molar-refractivity contribution in [2.75, 3.05) is 13.2 Å². The fourth-order valence-electron chi connectivity index (χ4n) is 9.43. The summed E-state index contributed by atoms with van der Waals surface area (Å²) < 4.78 is 13.1. The number of rotatable bonds is 12. The van der Waals surface area contributed by atoms with Crippen molar-refractivity contribution in [3.05, 3.63) is 193 Å². The summed E-state index contributed by atoms with van der Waals surface area (Å²) in [6.07, 6.45) is 0.610. The first-order valence-corrected chi connectivity index (χ1v) is 22.7. The maximum Gasteiger partial charge on any atom is 0.131 e. The van der Waals surface area contributed by atoms with E-state index >= 15 is 0 Å². The fourth-order valence-corrected chi connectivity index (χ4v) is 9.43. The van der Waals surface area contributed by atoms with Crippen LogP contribution in [0.15, 0.2) is 182 Å². The Morgan fingerprint density at radius 1 is 0.354 bits per heavy atom. The van der Waals surface area contributed by atoms with Crippen molar-refractivity contribution in [3.63, 3.8) is 0 Å². The van der Waals surface area contributed by atoms with Gasteiger partial charge in [-0.05, 0) is 115 Å². The van der Waals surface area contributed by atoms with Crippen LogP contribution in [0.1, 0.15) is 57.1 Å². The summed E-state index contributed by atoms with van der Waals surface area (Å²) in [5.41, 5.74) is 9.08. The van der Waals surface area contributed by atoms with Crippen molar-refractivity contribution >= 4 is 43.1 Å². The lowest BCUT2D eigenvalue weighted by atomic mass is 9.86. The molecule has 0 spiro atoms. The third-order valence-corrected chi connectivity index (χ3v) is 12.8. The van der Waals surface area contributed by atoms with E-state index in [9.17, 15) is 10.2 Å². The molecule has 65 heavy (non-hydrogen) atoms. The average Bonchev–Trinajstić information content (AvgIpc) is 3.33. The van der Waals surface area contributed by atoms with E-state index in [0.29, 0.717) is 31.1 Å². The van der Waals surface area contributed by atoms with Crippen LogP contribution in [0, 0.1) is 0 Å². The molecule has 4 nitrogen and oxygen atoms in total. The molecule has 0 aliphatic rings. The highest BCUT2D eigenvalue weighted by molar-refractivity contribution is 6.15. The SMILES string of the molecule is CC(C)c1cc(-c2ccccc2OCCCOc2ccccc2-c2cc(C(C)C)cc(-c3c4ccccc4cc4ccccc34)c2O)c(O)c(-c2c3ccccc3cc3ccccc23)c1. The van der Waals surface area contributed by atoms with Gasteiger partial charge in [-0.3, -0.25) is 0 Å². The van der Waals surface area contributed by atoms with Crippen LogP contribution in [0.25, 0.3) is 87.6 Å². The molecule has 0 aliphatic heterocycles. The molecule has 0 atom stereocenters. The molecule has 10 rings (SSSR count). The summed E-state index contributed by atoms with van der Waals surface area (Å²) >= 11 is 0. The predicted molar refractivity (Wildman–Crippen MR) is 272 cm³/mol. The minimum absolute atomic E-state index is 0.224. The van der Waals surface area contributed by atoms with Gasteiger partial charge in [0.05, 0.1) is 13.2 Å². The summed E-state index contributed by atoms with van der Waals surface area (Å²) in [6, 6.07) is 62.6. The van der Waals surface area contributed by atoms with E-state index in [1.165, 1.54) is 0 Å². The van der Waals surface area contributed by atoms with Gasteiger partial charge in [0.1, 0.15) is 23.0 Å². The van der Waals surface area contributed by atoms with Gasteiger partial charge in [0.25, 0.3) is 0 Å². The van der Waals surface area contributed by atoms with Crippen molar-refractivity contribution in [3.8, 4) is 67.5 Å². The van der Waals surface area contributed by atoms with Gasteiger partial charge in [-0.15, -0.1) is 0 Å². The highest BCUT2D eigenvalue weighted by Gasteiger charge is 2.23. The molecule has 0 saturated heterocycles. The number of phenols is 2. The number of fused-ring (bicyclic) bond motifs is 4. The average molecular weight is 849 g/mol. The zero-order valence-corrected chi connectivity index (χ0v) is 37.3. The Labute approximate surface area is 381 Å². The molecule has 320 valence electrons. The van der Waals surface area contributed by atoms with Gasteiger partial charge in [0.2, 0.25) is 0 Å². The number of aromatic hydroxyl groups is 2. The van der Waals surface area contributed by atoms with Crippen LogP contribution in [0.2, 0.25) is 0 Å². The lowest BCUT2D eigenvalue weighted by molar-refractivity contribution is 0.248. The van der Waals surface area contributed by atoms with Crippen LogP contribution in [-0.2, 0) is 0 Å². The number of hydrogen-bond donors (Lipinski definition) is 2. The summed E-state index contributed by atoms with van der Waals surface area (Å²) in [4.78, 5) is 0. The molecule has 2 N–H and O–H groups in total. The monoisotopic (exact) mass is 848 g/mol. The molecule has 0 fully saturated rings. The first-order chi connectivity index (χ1) is 31.7. The first-order valence-electron chi connectivity index (χ1n) is 22.7. The smallest absolute Gasteiger partial charge is 0.131 e. The standard InChI is InChI=1S/C61H52O4/c1-38(2)44-34-52(60(62)54(36-44)58-46-22-9-5-18-40(46)32-41-19-6-10-23-47(41)58)50-26-13-15-28-56(50)64-30-17-31-65-57-29-16-14-27-51(57)53-35-45(39(3)4)37-55(61(53)63)59-48-24-11-7-20-42(48)33-43-21-8-12-25-49(43)59/h5-16,18-29,32-39,62-63H,17,30-31H2,1-4H3. The van der Waals surface area contributed by atoms with E-state index in [0.717, 1.165) is 98.7 Å². The third kappa shape index (κ3) is 7.80. The van der Waals surface area contributed by atoms with Crippen molar-refractivity contribution in [1.29, 1.82) is 0 Å². The number of phenolic OH excluding ortho intramolecular Hbond substituents is 2. The van der Waals surface area contributed by atoms with E-state index in [1.807, 2.05) is 48.5 Å². The van der Waals surface area contributed by atoms with E-state index in [1.54, 1.807) is 0 Å². The summed E-state index contributed by atoms with van der Waals surface area (Å²) in [5, 5.41) is 33.6. The third-order valence-electron chi connectivity index (χ3n) is 12.8. The lowest BCUT2D eigenvalue weighted by Gasteiger charge is -2.20. The summed E-state index contributed by atoms with van der Waals surface area (Å²) in [7, 11) is 0. The van der Waals surface area contributed by atoms with Crippen LogP contribution in [0.5, 0.6) is 23.0 Å². The highest BCUT2D eigenvalue weighted by atomic mass is 16.5. The van der Waals surface area contributed by atoms with E-state index in [4.69, 9.17) is 9.47 Å². The minimum Gasteiger partial charge on any atom is -0.507 e. The van der Waals surface area contributed by atoms with Crippen molar-refractivity contribution < 1.29 is 19.7 Å². The maximum absolute atomic E-state index is 12.3. The largest absolute Gasteiger partial charge is 0.507 e. The molecular weight excluding hydrogens is 797 g/mol. The maximum atomic E-state index is 12.3. The molecule has 0 saturated carbocycles. The Bertz CT molecular complexity index is 3060. The van der Waals surface area contributed by atoms with Crippen LogP contribution in [0.3, 0.4) is 0 Å². The van der Waals surface area contributed by atoms with Crippen molar-refractivity contribution in [2.45, 2.75) is 46.0 Å². The van der Waals surface area contributed by atoms with Crippen LogP contribution in [0.4, 0.5) is 0 Å². The number of ether oxygens (including phenoxy) is 2. The van der Waals surface area contributed by atoms with Gasteiger partial charge in [-0.25, -0.2) is 0 Å². The van der Waals surface area contributed by atoms with Crippen LogP contribution >= 0.6 is 0 Å². The molecule has 10 aromatic rings. The first kappa shape index (κ1) is 41.5. The Kier molecular flexibility index (Phi) is 11.2. The van der Waals surface area contributed by atoms with Gasteiger partial charge in [-0.1, -0.05) is 161 Å². The normalized spacial score (nSPS) is 11.7. The summed E-state index contributed by atoms with van der Waals surface area (Å²) in [5.74, 6) is 2.30. The number of hydrogen-bond acceptors (Lipinski definition) is 4. The Hall–Kier alpha value is -7.56. The quantitative estimate of drug-likeness (QED) is 0.0950. The Morgan fingerprint density at radius 2 is 0.662 bits per heavy atom. The van der Waals surface area contributed by atoms with E-state index in [-0.39, 0.29) is 23.3 Å². The Morgan fingerprint density at radius 3 is 1.02 bits per heavy atom. The highest BCUT2D eigenvalue weighted by Crippen LogP contribution is 2.49. The molecule has 0 aromatic heterocycles. The predicted octanol–water partition coefficient (Wildman–Crippen LogP) is 16.5. The van der Waals surface area contributed by atoms with Gasteiger partial charge in [0, 0.05) is 50.9 Å². The molecular formula is C61H52O4. The van der Waals surface area contributed by atoms with Crippen LogP contribution < -0.4 is 9.47 Å². The van der Waals surface area contributed by atoms with Crippen molar-refractivity contribution in [2.24, 2.45) is 0 Å². The van der Waals surface area contributed by atoms with Gasteiger partial charge < -0.3 is 19.7 Å². The topological polar surface area (TPSA) is 58.9 Å². The van der Waals surface area contributed by atoms with E-state index < -0.39 is 0 Å². The molecule has 0 radical (unpaired) electrons. The molecule has 0 unspecified atom stereocenters. The zero-order valence-electron chi connectivity index (χ0n) is 37.3. The van der Waals surface area contributed by atoms with Gasteiger partial charge in [-0.2, -0.15) is 0 Å². The second-order valence-electron chi connectivity index (χ2n) is 17.7. The molecule has 0 amide bonds. The molecule has 4 heteroatoms.